The van der Waals surface area contributed by atoms with Crippen molar-refractivity contribution in [1.29, 1.82) is 0 Å². The first-order valence-corrected chi connectivity index (χ1v) is 19.6. The molecule has 2 aliphatic rings. The molecule has 0 aromatic heterocycles. The largest absolute Gasteiger partial charge is 0.183 e. The molecule has 0 heterocycles. The van der Waals surface area contributed by atoms with Gasteiger partial charge in [0.2, 0.25) is 0 Å². The summed E-state index contributed by atoms with van der Waals surface area (Å²) in [6.45, 7) is 0. The van der Waals surface area contributed by atoms with Gasteiger partial charge in [-0.1, -0.05) is 71.5 Å². The Kier molecular flexibility index (Phi) is 2.89. The van der Waals surface area contributed by atoms with Gasteiger partial charge in [0, 0.05) is 0 Å². The maximum Gasteiger partial charge on any atom is -0.00000352 e. The van der Waals surface area contributed by atoms with Crippen LogP contribution in [0.15, 0.2) is 97.1 Å². The smallest absolute Gasteiger partial charge is 0.00000352 e. The molecule has 0 amide bonds. The van der Waals surface area contributed by atoms with E-state index < -0.39 is 0 Å². The molecule has 0 spiro atoms. The van der Waals surface area contributed by atoms with Crippen molar-refractivity contribution >= 4 is 178 Å². The molecule has 0 bridgehead atoms. The van der Waals surface area contributed by atoms with Crippen LogP contribution in [-0.2, 0) is 0 Å². The van der Waals surface area contributed by atoms with Crippen LogP contribution in [0.1, 0.15) is 22.6 Å². The number of hydrogen-bond acceptors (Lipinski definition) is 0. The molecule has 19 rings (SSSR count). The third kappa shape index (κ3) is 1.90. The summed E-state index contributed by atoms with van der Waals surface area (Å²) < 4.78 is 0. The summed E-state index contributed by atoms with van der Waals surface area (Å²) in [6.07, 6.45) is 7.53. The second-order valence-corrected chi connectivity index (χ2v) is 17.5. The van der Waals surface area contributed by atoms with Crippen LogP contribution < -0.4 is 0 Å². The van der Waals surface area contributed by atoms with Crippen LogP contribution >= 0.6 is 0 Å². The van der Waals surface area contributed by atoms with Gasteiger partial charge in [-0.15, -0.1) is 11.5 Å². The summed E-state index contributed by atoms with van der Waals surface area (Å²) >= 11 is 0. The van der Waals surface area contributed by atoms with Gasteiger partial charge in [-0.3, -0.25) is 0 Å². The van der Waals surface area contributed by atoms with Gasteiger partial charge >= 0.3 is 0 Å². The average Bonchev–Trinajstić information content (AvgIpc) is 3.21. The Labute approximate surface area is 303 Å². The second-order valence-electron chi connectivity index (χ2n) is 17.5. The highest BCUT2D eigenvalue weighted by atomic mass is 14.4. The maximum atomic E-state index is 2.59. The maximum absolute atomic E-state index is 2.59. The van der Waals surface area contributed by atoms with Crippen molar-refractivity contribution in [3.63, 3.8) is 0 Å². The summed E-state index contributed by atoms with van der Waals surface area (Å²) in [5, 5.41) is 46.8. The van der Waals surface area contributed by atoms with Gasteiger partial charge in [-0.2, -0.15) is 18.1 Å². The Hall–Kier alpha value is -6.89. The highest BCUT2D eigenvalue weighted by Gasteiger charge is 2.36. The second kappa shape index (κ2) is 6.61. The Morgan fingerprint density at radius 2 is 0.593 bits per heavy atom. The third-order valence-electron chi connectivity index (χ3n) is 15.7. The van der Waals surface area contributed by atoms with E-state index in [1.165, 1.54) is 183 Å². The molecule has 0 heteroatoms. The van der Waals surface area contributed by atoms with Crippen molar-refractivity contribution in [1.82, 2.24) is 0 Å². The fourth-order valence-electron chi connectivity index (χ4n) is 14.2. The predicted octanol–water partition coefficient (Wildman–Crippen LogP) is 15.2. The lowest BCUT2D eigenvalue weighted by Crippen LogP contribution is -2.12. The number of rotatable bonds is 0. The molecule has 0 nitrogen and oxygen atoms in total. The minimum absolute atomic E-state index is 0.257. The highest BCUT2D eigenvalue weighted by molar-refractivity contribution is 6.65. The Morgan fingerprint density at radius 1 is 0.278 bits per heavy atom. The van der Waals surface area contributed by atoms with Gasteiger partial charge in [0.15, 0.2) is 0 Å². The van der Waals surface area contributed by atoms with E-state index in [0.717, 1.165) is 0 Å². The molecule has 0 saturated heterocycles. The van der Waals surface area contributed by atoms with E-state index in [1.807, 2.05) is 0 Å². The van der Waals surface area contributed by atoms with Gasteiger partial charge in [-0.25, -0.2) is 0 Å². The predicted molar refractivity (Wildman–Crippen MR) is 234 cm³/mol. The van der Waals surface area contributed by atoms with Crippen LogP contribution in [0.3, 0.4) is 0 Å². The van der Waals surface area contributed by atoms with E-state index in [0.29, 0.717) is 0 Å². The summed E-state index contributed by atoms with van der Waals surface area (Å²) in [5.74, 6) is 0.257. The molecule has 17 aromatic carbocycles. The first-order valence-electron chi connectivity index (χ1n) is 19.6. The summed E-state index contributed by atoms with van der Waals surface area (Å²) in [7, 11) is 0. The van der Waals surface area contributed by atoms with E-state index in [-0.39, 0.29) is 5.92 Å². The molecular weight excluding hydrogens is 649 g/mol. The minimum Gasteiger partial charge on any atom is -0.183 e. The Bertz CT molecular complexity index is 4620. The molecule has 0 N–H and O–H groups in total. The standard InChI is InChI=1S/C54H19/c1-2-20-14-22-5-6-24-16-26-9-11-29-18-30-12-10-28-17-27-8-7-25-15-23-4-3-21-13-19(1)31-32(20)44-34(22)36(24)46-39(26)41(29)48-42(30)40(28)47-38(27)37(25)45-35(23)33(21)43(31)49-50(44)52(46)54(48)53(47)51(45)49/h1-19H/q-1. The van der Waals surface area contributed by atoms with Crippen molar-refractivity contribution in [3.8, 4) is 0 Å². The van der Waals surface area contributed by atoms with Crippen LogP contribution in [0, 0.1) is 6.42 Å². The molecule has 0 fully saturated rings. The van der Waals surface area contributed by atoms with Crippen molar-refractivity contribution in [2.75, 3.05) is 0 Å². The van der Waals surface area contributed by atoms with Crippen molar-refractivity contribution in [2.45, 2.75) is 5.92 Å². The Morgan fingerprint density at radius 3 is 1.02 bits per heavy atom. The molecule has 0 aliphatic heterocycles. The van der Waals surface area contributed by atoms with E-state index in [2.05, 4.69) is 110 Å². The lowest BCUT2D eigenvalue weighted by Gasteiger charge is -2.39. The fourth-order valence-corrected chi connectivity index (χ4v) is 14.2. The van der Waals surface area contributed by atoms with Crippen molar-refractivity contribution in [2.24, 2.45) is 0 Å². The van der Waals surface area contributed by atoms with E-state index >= 15 is 0 Å². The molecule has 17 aromatic rings. The number of hydrogen-bond donors (Lipinski definition) is 0. The van der Waals surface area contributed by atoms with Gasteiger partial charge in [-0.05, 0) is 204 Å². The fraction of sp³-hybridized carbons (Fsp3) is 0.0185. The first kappa shape index (κ1) is 23.6. The number of benzene rings is 17. The van der Waals surface area contributed by atoms with Crippen LogP contribution in [0.25, 0.3) is 178 Å². The van der Waals surface area contributed by atoms with E-state index in [1.54, 1.807) is 5.56 Å². The monoisotopic (exact) mass is 667 g/mol. The van der Waals surface area contributed by atoms with Crippen LogP contribution in [0.2, 0.25) is 0 Å². The average molecular weight is 668 g/mol. The van der Waals surface area contributed by atoms with E-state index in [9.17, 15) is 0 Å². The molecule has 1 atom stereocenters. The lowest BCUT2D eigenvalue weighted by atomic mass is 9.66. The van der Waals surface area contributed by atoms with Crippen LogP contribution in [0.5, 0.6) is 0 Å². The summed E-state index contributed by atoms with van der Waals surface area (Å²) in [5.41, 5.74) is 4.34. The quantitative estimate of drug-likeness (QED) is 0.0858. The summed E-state index contributed by atoms with van der Waals surface area (Å²) in [6, 6.07) is 36.8. The van der Waals surface area contributed by atoms with Crippen molar-refractivity contribution < 1.29 is 0 Å². The number of allylic oxidation sites excluding steroid dienone is 1. The zero-order valence-corrected chi connectivity index (χ0v) is 28.5. The molecule has 1 unspecified atom stereocenters. The molecule has 0 saturated carbocycles. The zero-order valence-electron chi connectivity index (χ0n) is 28.5. The molecule has 2 aliphatic carbocycles. The van der Waals surface area contributed by atoms with Crippen LogP contribution in [0.4, 0.5) is 0 Å². The highest BCUT2D eigenvalue weighted by Crippen LogP contribution is 2.65. The van der Waals surface area contributed by atoms with Gasteiger partial charge in [0.05, 0.1) is 0 Å². The van der Waals surface area contributed by atoms with Crippen LogP contribution in [-0.4, -0.2) is 0 Å². The van der Waals surface area contributed by atoms with Gasteiger partial charge < -0.3 is 0 Å². The lowest BCUT2D eigenvalue weighted by molar-refractivity contribution is 1.03. The molecule has 236 valence electrons. The van der Waals surface area contributed by atoms with Gasteiger partial charge in [0.25, 0.3) is 0 Å². The normalized spacial score (nSPS) is 16.8. The van der Waals surface area contributed by atoms with Crippen molar-refractivity contribution in [3.05, 3.63) is 120 Å². The Balaban J connectivity index is 1.38. The molecule has 54 heavy (non-hydrogen) atoms. The zero-order chi connectivity index (χ0) is 33.5. The third-order valence-corrected chi connectivity index (χ3v) is 15.7. The van der Waals surface area contributed by atoms with Gasteiger partial charge in [0.1, 0.15) is 0 Å². The molecular formula is C54H19-. The minimum atomic E-state index is 0.257. The molecule has 0 radical (unpaired) electrons. The summed E-state index contributed by atoms with van der Waals surface area (Å²) in [4.78, 5) is 0. The van der Waals surface area contributed by atoms with E-state index in [4.69, 9.17) is 0 Å². The first-order chi connectivity index (χ1) is 26.8. The topological polar surface area (TPSA) is 0 Å². The SMILES string of the molecule is C1=CC2[CH-]c3ccc4cc5ccc6cc7ccc8cc9ccc%10cc%11ccc%12cc1c1c2c2c3c4c3c5c6c4c7c8c5c9c%10c6c%11c%12c1c1c2c3c4c5c61.